The first-order chi connectivity index (χ1) is 14.9. The van der Waals surface area contributed by atoms with Crippen molar-refractivity contribution in [2.24, 2.45) is 22.4 Å². The van der Waals surface area contributed by atoms with E-state index < -0.39 is 4.92 Å². The quantitative estimate of drug-likeness (QED) is 0.427. The van der Waals surface area contributed by atoms with E-state index in [2.05, 4.69) is 41.7 Å². The second-order valence-corrected chi connectivity index (χ2v) is 9.94. The third-order valence-corrected chi connectivity index (χ3v) is 7.69. The lowest BCUT2D eigenvalue weighted by Crippen LogP contribution is -2.58. The number of benzene rings is 2. The third kappa shape index (κ3) is 3.54. The first-order valence-corrected chi connectivity index (χ1v) is 11.0. The summed E-state index contributed by atoms with van der Waals surface area (Å²) in [5.74, 6) is 1.23. The molecule has 0 aromatic heterocycles. The van der Waals surface area contributed by atoms with Gasteiger partial charge in [0.2, 0.25) is 5.91 Å². The number of hydrazone groups is 1. The zero-order valence-corrected chi connectivity index (χ0v) is 17.7. The number of non-ortho nitro benzene ring substituents is 1. The molecule has 2 aromatic rings. The predicted octanol–water partition coefficient (Wildman–Crippen LogP) is 4.89. The Bertz CT molecular complexity index is 1030. The zero-order chi connectivity index (χ0) is 21.6. The Morgan fingerprint density at radius 3 is 2.32 bits per heavy atom. The summed E-state index contributed by atoms with van der Waals surface area (Å²) >= 11 is 0. The highest BCUT2D eigenvalue weighted by atomic mass is 16.6. The van der Waals surface area contributed by atoms with Gasteiger partial charge in [-0.15, -0.1) is 0 Å². The van der Waals surface area contributed by atoms with Crippen molar-refractivity contribution in [2.75, 3.05) is 0 Å². The Labute approximate surface area is 181 Å². The molecule has 4 bridgehead atoms. The molecule has 0 spiro atoms. The van der Waals surface area contributed by atoms with Crippen molar-refractivity contribution in [2.45, 2.75) is 50.9 Å². The van der Waals surface area contributed by atoms with Crippen molar-refractivity contribution in [1.29, 1.82) is 0 Å². The number of rotatable bonds is 5. The molecule has 4 fully saturated rings. The maximum atomic E-state index is 13.3. The first kappa shape index (κ1) is 19.9. The number of hydrogen-bond donors (Lipinski definition) is 1. The van der Waals surface area contributed by atoms with E-state index in [1.165, 1.54) is 42.5 Å². The lowest BCUT2D eigenvalue weighted by Gasteiger charge is -2.61. The number of carbonyl (C=O) groups is 1. The molecule has 1 amide bonds. The van der Waals surface area contributed by atoms with Crippen LogP contribution in [0.1, 0.15) is 55.2 Å². The van der Waals surface area contributed by atoms with Crippen molar-refractivity contribution >= 4 is 17.8 Å². The Morgan fingerprint density at radius 1 is 1.06 bits per heavy atom. The number of carbonyl (C=O) groups excluding carboxylic acids is 1. The summed E-state index contributed by atoms with van der Waals surface area (Å²) in [6, 6.07) is 15.0. The van der Waals surface area contributed by atoms with Crippen LogP contribution in [0.25, 0.3) is 0 Å². The fraction of sp³-hybridized carbons (Fsp3) is 0.440. The van der Waals surface area contributed by atoms with Gasteiger partial charge in [0.25, 0.3) is 5.69 Å². The van der Waals surface area contributed by atoms with Crippen LogP contribution in [0.15, 0.2) is 53.6 Å². The Kier molecular flexibility index (Phi) is 4.68. The van der Waals surface area contributed by atoms with Crippen molar-refractivity contribution in [3.05, 3.63) is 75.3 Å². The van der Waals surface area contributed by atoms with Crippen molar-refractivity contribution < 1.29 is 9.72 Å². The van der Waals surface area contributed by atoms with Crippen LogP contribution in [-0.2, 0) is 10.2 Å². The number of nitrogens with zero attached hydrogens (tertiary/aromatic N) is 2. The number of nitrogens with one attached hydrogen (secondary N) is 1. The number of nitro benzene ring substituents is 1. The molecule has 2 unspecified atom stereocenters. The lowest BCUT2D eigenvalue weighted by atomic mass is 9.42. The normalized spacial score (nSPS) is 31.1. The van der Waals surface area contributed by atoms with Crippen molar-refractivity contribution in [1.82, 2.24) is 5.43 Å². The minimum atomic E-state index is -0.431. The molecule has 6 nitrogen and oxygen atoms in total. The van der Waals surface area contributed by atoms with Crippen LogP contribution in [0.2, 0.25) is 0 Å². The third-order valence-electron chi connectivity index (χ3n) is 7.69. The molecule has 0 aliphatic heterocycles. The SMILES string of the molecule is Cc1ccc(C23CC4CC(CC(C(=O)NN=Cc5ccc([N+](=O)[O-])cc5)(C4)C2)C3)cc1. The van der Waals surface area contributed by atoms with Crippen molar-refractivity contribution in [3.63, 3.8) is 0 Å². The summed E-state index contributed by atoms with van der Waals surface area (Å²) in [6.45, 7) is 2.11. The van der Waals surface area contributed by atoms with Gasteiger partial charge < -0.3 is 0 Å². The second-order valence-electron chi connectivity index (χ2n) is 9.94. The van der Waals surface area contributed by atoms with E-state index in [0.29, 0.717) is 17.4 Å². The van der Waals surface area contributed by atoms with E-state index in [1.807, 2.05) is 0 Å². The molecule has 31 heavy (non-hydrogen) atoms. The fourth-order valence-corrected chi connectivity index (χ4v) is 6.74. The molecule has 0 saturated heterocycles. The number of aryl methyl sites for hydroxylation is 1. The number of nitro groups is 1. The van der Waals surface area contributed by atoms with E-state index in [9.17, 15) is 14.9 Å². The van der Waals surface area contributed by atoms with Gasteiger partial charge in [0.15, 0.2) is 0 Å². The van der Waals surface area contributed by atoms with Crippen LogP contribution in [0.4, 0.5) is 5.69 Å². The molecule has 0 heterocycles. The summed E-state index contributed by atoms with van der Waals surface area (Å²) in [4.78, 5) is 23.7. The van der Waals surface area contributed by atoms with Gasteiger partial charge in [0.1, 0.15) is 0 Å². The van der Waals surface area contributed by atoms with Gasteiger partial charge in [-0.3, -0.25) is 14.9 Å². The zero-order valence-electron chi connectivity index (χ0n) is 17.7. The van der Waals surface area contributed by atoms with E-state index >= 15 is 0 Å². The van der Waals surface area contributed by atoms with Crippen LogP contribution >= 0.6 is 0 Å². The summed E-state index contributed by atoms with van der Waals surface area (Å²) in [5.41, 5.74) is 5.97. The van der Waals surface area contributed by atoms with Crippen LogP contribution in [0.3, 0.4) is 0 Å². The minimum Gasteiger partial charge on any atom is -0.273 e. The maximum absolute atomic E-state index is 13.3. The van der Waals surface area contributed by atoms with Gasteiger partial charge in [-0.1, -0.05) is 29.8 Å². The average molecular weight is 418 g/mol. The highest BCUT2D eigenvalue weighted by Gasteiger charge is 2.60. The Balaban J connectivity index is 1.34. The summed E-state index contributed by atoms with van der Waals surface area (Å²) < 4.78 is 0. The summed E-state index contributed by atoms with van der Waals surface area (Å²) in [5, 5.41) is 15.0. The van der Waals surface area contributed by atoms with E-state index in [4.69, 9.17) is 0 Å². The topological polar surface area (TPSA) is 84.6 Å². The molecule has 1 N–H and O–H groups in total. The van der Waals surface area contributed by atoms with Gasteiger partial charge in [-0.25, -0.2) is 5.43 Å². The Hall–Kier alpha value is -3.02. The highest BCUT2D eigenvalue weighted by Crippen LogP contribution is 2.65. The molecule has 4 aliphatic rings. The largest absolute Gasteiger partial charge is 0.273 e. The minimum absolute atomic E-state index is 0.0243. The first-order valence-electron chi connectivity index (χ1n) is 11.0. The molecule has 6 heteroatoms. The molecule has 0 radical (unpaired) electrons. The Morgan fingerprint density at radius 2 is 1.71 bits per heavy atom. The molecule has 4 saturated carbocycles. The average Bonchev–Trinajstić information content (AvgIpc) is 2.73. The van der Waals surface area contributed by atoms with Gasteiger partial charge in [-0.2, -0.15) is 5.10 Å². The monoisotopic (exact) mass is 417 g/mol. The van der Waals surface area contributed by atoms with Gasteiger partial charge >= 0.3 is 0 Å². The maximum Gasteiger partial charge on any atom is 0.269 e. The van der Waals surface area contributed by atoms with Gasteiger partial charge in [0.05, 0.1) is 16.6 Å². The fourth-order valence-electron chi connectivity index (χ4n) is 6.74. The molecule has 2 aromatic carbocycles. The standard InChI is InChI=1S/C25H27N3O3/c1-17-2-6-21(7-3-17)24-11-19-10-20(12-24)14-25(13-19,16-24)23(29)27-26-15-18-4-8-22(9-5-18)28(30)31/h2-9,15,19-20H,10-14,16H2,1H3,(H,27,29). The van der Waals surface area contributed by atoms with Crippen LogP contribution in [0.5, 0.6) is 0 Å². The number of hydrogen-bond acceptors (Lipinski definition) is 4. The van der Waals surface area contributed by atoms with Crippen LogP contribution in [0, 0.1) is 34.3 Å². The summed E-state index contributed by atoms with van der Waals surface area (Å²) in [7, 11) is 0. The smallest absolute Gasteiger partial charge is 0.269 e. The predicted molar refractivity (Wildman–Crippen MR) is 119 cm³/mol. The summed E-state index contributed by atoms with van der Waals surface area (Å²) in [6.07, 6.45) is 7.98. The molecular formula is C25H27N3O3. The van der Waals surface area contributed by atoms with Crippen LogP contribution < -0.4 is 5.43 Å². The van der Waals surface area contributed by atoms with Gasteiger partial charge in [0, 0.05) is 12.1 Å². The van der Waals surface area contributed by atoms with E-state index in [1.54, 1.807) is 18.3 Å². The van der Waals surface area contributed by atoms with E-state index in [0.717, 1.165) is 19.3 Å². The van der Waals surface area contributed by atoms with Crippen molar-refractivity contribution in [3.8, 4) is 0 Å². The lowest BCUT2D eigenvalue weighted by molar-refractivity contribution is -0.384. The number of amides is 1. The van der Waals surface area contributed by atoms with E-state index in [-0.39, 0.29) is 22.4 Å². The van der Waals surface area contributed by atoms with Gasteiger partial charge in [-0.05, 0) is 86.0 Å². The molecular weight excluding hydrogens is 390 g/mol. The molecule has 4 aliphatic carbocycles. The second kappa shape index (κ2) is 7.29. The molecule has 6 rings (SSSR count). The highest BCUT2D eigenvalue weighted by molar-refractivity contribution is 5.86. The molecule has 2 atom stereocenters. The molecule has 160 valence electrons. The van der Waals surface area contributed by atoms with Crippen LogP contribution in [-0.4, -0.2) is 17.0 Å².